The van der Waals surface area contributed by atoms with Crippen molar-refractivity contribution in [3.8, 4) is 17.2 Å². The fourth-order valence-electron chi connectivity index (χ4n) is 6.49. The van der Waals surface area contributed by atoms with Crippen LogP contribution in [0.5, 0.6) is 17.2 Å². The third-order valence-corrected chi connectivity index (χ3v) is 8.38. The molecular formula is C30H38F4O2. The van der Waals surface area contributed by atoms with Gasteiger partial charge in [-0.3, -0.25) is 0 Å². The molecule has 0 unspecified atom stereocenters. The molecule has 6 heteroatoms. The molecule has 2 saturated carbocycles. The first-order chi connectivity index (χ1) is 17.4. The second kappa shape index (κ2) is 12.3. The van der Waals surface area contributed by atoms with Crippen LogP contribution in [0.3, 0.4) is 0 Å². The van der Waals surface area contributed by atoms with Crippen molar-refractivity contribution in [2.24, 2.45) is 17.8 Å². The van der Waals surface area contributed by atoms with Crippen LogP contribution in [0, 0.1) is 29.4 Å². The summed E-state index contributed by atoms with van der Waals surface area (Å²) in [4.78, 5) is 0. The van der Waals surface area contributed by atoms with Crippen molar-refractivity contribution < 1.29 is 27.0 Å². The van der Waals surface area contributed by atoms with E-state index in [0.717, 1.165) is 37.5 Å². The Labute approximate surface area is 212 Å². The van der Waals surface area contributed by atoms with Gasteiger partial charge in [0.1, 0.15) is 17.2 Å². The fraction of sp³-hybridized carbons (Fsp3) is 0.600. The third-order valence-electron chi connectivity index (χ3n) is 8.38. The van der Waals surface area contributed by atoms with Crippen molar-refractivity contribution in [2.75, 3.05) is 0 Å². The fourth-order valence-corrected chi connectivity index (χ4v) is 6.49. The molecule has 2 aromatic carbocycles. The van der Waals surface area contributed by atoms with Gasteiger partial charge in [-0.15, -0.1) is 0 Å². The molecule has 198 valence electrons. The molecule has 0 bridgehead atoms. The lowest BCUT2D eigenvalue weighted by Crippen LogP contribution is -2.25. The minimum atomic E-state index is -2.91. The Morgan fingerprint density at radius 1 is 0.833 bits per heavy atom. The summed E-state index contributed by atoms with van der Waals surface area (Å²) in [5, 5.41) is 0. The lowest BCUT2D eigenvalue weighted by Gasteiger charge is -2.38. The van der Waals surface area contributed by atoms with Gasteiger partial charge in [0.05, 0.1) is 0 Å². The number of benzene rings is 2. The normalized spacial score (nSPS) is 24.6. The zero-order chi connectivity index (χ0) is 25.7. The molecule has 4 rings (SSSR count). The zero-order valence-electron chi connectivity index (χ0n) is 21.4. The second-order valence-corrected chi connectivity index (χ2v) is 10.6. The van der Waals surface area contributed by atoms with Gasteiger partial charge in [-0.25, -0.2) is 8.78 Å². The molecule has 36 heavy (non-hydrogen) atoms. The van der Waals surface area contributed by atoms with Crippen LogP contribution in [0.15, 0.2) is 30.3 Å². The van der Waals surface area contributed by atoms with Gasteiger partial charge in [0, 0.05) is 11.1 Å². The molecule has 0 saturated heterocycles. The summed E-state index contributed by atoms with van der Waals surface area (Å²) >= 11 is 0. The van der Waals surface area contributed by atoms with Crippen molar-refractivity contribution in [1.82, 2.24) is 0 Å². The van der Waals surface area contributed by atoms with E-state index in [0.29, 0.717) is 23.0 Å². The topological polar surface area (TPSA) is 18.5 Å². The summed E-state index contributed by atoms with van der Waals surface area (Å²) in [6.07, 6.45) is 12.3. The standard InChI is InChI=1S/C30H38F4O2/c1-3-5-19-6-8-20(9-7-19)21-10-12-22(13-11-21)26-18-27(31)28(32)25(4-2)29(26)35-23-14-16-24(17-15-23)36-30(33)34/h14-22,30H,3-13H2,1-2H3. The van der Waals surface area contributed by atoms with Gasteiger partial charge < -0.3 is 9.47 Å². The molecule has 2 aromatic rings. The summed E-state index contributed by atoms with van der Waals surface area (Å²) in [5.74, 6) is 1.53. The van der Waals surface area contributed by atoms with Gasteiger partial charge in [0.25, 0.3) is 0 Å². The molecule has 0 radical (unpaired) electrons. The number of rotatable bonds is 9. The number of halogens is 4. The zero-order valence-corrected chi connectivity index (χ0v) is 21.4. The average Bonchev–Trinajstić information content (AvgIpc) is 2.88. The van der Waals surface area contributed by atoms with E-state index >= 15 is 0 Å². The summed E-state index contributed by atoms with van der Waals surface area (Å²) in [7, 11) is 0. The first kappa shape index (κ1) is 26.8. The van der Waals surface area contributed by atoms with Crippen molar-refractivity contribution >= 4 is 0 Å². The van der Waals surface area contributed by atoms with Crippen LogP contribution in [-0.4, -0.2) is 6.61 Å². The molecule has 0 aromatic heterocycles. The van der Waals surface area contributed by atoms with Crippen molar-refractivity contribution in [3.63, 3.8) is 0 Å². The molecule has 0 atom stereocenters. The van der Waals surface area contributed by atoms with Crippen LogP contribution in [0.2, 0.25) is 0 Å². The van der Waals surface area contributed by atoms with E-state index in [9.17, 15) is 17.6 Å². The van der Waals surface area contributed by atoms with Crippen LogP contribution in [0.4, 0.5) is 17.6 Å². The summed E-state index contributed by atoms with van der Waals surface area (Å²) in [6.45, 7) is 1.13. The molecule has 2 fully saturated rings. The molecule has 0 heterocycles. The highest BCUT2D eigenvalue weighted by Gasteiger charge is 2.33. The van der Waals surface area contributed by atoms with Gasteiger partial charge in [-0.1, -0.05) is 39.5 Å². The SMILES string of the molecule is CCCC1CCC(C2CCC(c3cc(F)c(F)c(CC)c3Oc3ccc(OC(F)F)cc3)CC2)CC1. The van der Waals surface area contributed by atoms with Crippen LogP contribution in [0.1, 0.15) is 95.1 Å². The maximum atomic E-state index is 14.8. The van der Waals surface area contributed by atoms with Gasteiger partial charge in [0.15, 0.2) is 11.6 Å². The van der Waals surface area contributed by atoms with Crippen LogP contribution < -0.4 is 9.47 Å². The second-order valence-electron chi connectivity index (χ2n) is 10.6. The summed E-state index contributed by atoms with van der Waals surface area (Å²) < 4.78 is 64.8. The van der Waals surface area contributed by atoms with Crippen LogP contribution in [0.25, 0.3) is 0 Å². The molecular weight excluding hydrogens is 468 g/mol. The highest BCUT2D eigenvalue weighted by atomic mass is 19.3. The van der Waals surface area contributed by atoms with Crippen molar-refractivity contribution in [3.05, 3.63) is 53.1 Å². The summed E-state index contributed by atoms with van der Waals surface area (Å²) in [5.41, 5.74) is 0.929. The first-order valence-electron chi connectivity index (χ1n) is 13.6. The maximum absolute atomic E-state index is 14.8. The smallest absolute Gasteiger partial charge is 0.387 e. The number of hydrogen-bond donors (Lipinski definition) is 0. The van der Waals surface area contributed by atoms with E-state index in [1.165, 1.54) is 68.9 Å². The minimum Gasteiger partial charge on any atom is -0.457 e. The van der Waals surface area contributed by atoms with Gasteiger partial charge in [-0.2, -0.15) is 8.78 Å². The molecule has 0 N–H and O–H groups in total. The largest absolute Gasteiger partial charge is 0.457 e. The Hall–Kier alpha value is -2.24. The third kappa shape index (κ3) is 6.36. The van der Waals surface area contributed by atoms with Gasteiger partial charge in [-0.05, 0) is 98.9 Å². The molecule has 0 spiro atoms. The Kier molecular flexibility index (Phi) is 9.19. The Morgan fingerprint density at radius 3 is 1.97 bits per heavy atom. The predicted molar refractivity (Wildman–Crippen MR) is 134 cm³/mol. The number of hydrogen-bond acceptors (Lipinski definition) is 2. The van der Waals surface area contributed by atoms with E-state index in [-0.39, 0.29) is 23.7 Å². The van der Waals surface area contributed by atoms with E-state index in [2.05, 4.69) is 11.7 Å². The Balaban J connectivity index is 1.48. The predicted octanol–water partition coefficient (Wildman–Crippen LogP) is 9.80. The quantitative estimate of drug-likeness (QED) is 0.315. The molecule has 2 aliphatic rings. The summed E-state index contributed by atoms with van der Waals surface area (Å²) in [6, 6.07) is 7.08. The lowest BCUT2D eigenvalue weighted by molar-refractivity contribution is -0.0498. The monoisotopic (exact) mass is 506 g/mol. The number of ether oxygens (including phenoxy) is 2. The average molecular weight is 507 g/mol. The highest BCUT2D eigenvalue weighted by molar-refractivity contribution is 5.48. The van der Waals surface area contributed by atoms with Crippen molar-refractivity contribution in [1.29, 1.82) is 0 Å². The van der Waals surface area contributed by atoms with Crippen molar-refractivity contribution in [2.45, 2.75) is 97.0 Å². The van der Waals surface area contributed by atoms with Gasteiger partial charge in [0.2, 0.25) is 0 Å². The highest BCUT2D eigenvalue weighted by Crippen LogP contribution is 2.47. The Morgan fingerprint density at radius 2 is 1.42 bits per heavy atom. The minimum absolute atomic E-state index is 0.0145. The molecule has 0 amide bonds. The van der Waals surface area contributed by atoms with E-state index in [1.807, 2.05) is 0 Å². The van der Waals surface area contributed by atoms with Gasteiger partial charge >= 0.3 is 6.61 Å². The molecule has 2 aliphatic carbocycles. The van der Waals surface area contributed by atoms with Crippen LogP contribution in [-0.2, 0) is 6.42 Å². The van der Waals surface area contributed by atoms with E-state index in [4.69, 9.17) is 4.74 Å². The Bertz CT molecular complexity index is 975. The van der Waals surface area contributed by atoms with E-state index < -0.39 is 18.2 Å². The molecule has 0 aliphatic heterocycles. The maximum Gasteiger partial charge on any atom is 0.387 e. The lowest BCUT2D eigenvalue weighted by atomic mass is 9.68. The molecule has 2 nitrogen and oxygen atoms in total. The first-order valence-corrected chi connectivity index (χ1v) is 13.6. The van der Waals surface area contributed by atoms with E-state index in [1.54, 1.807) is 6.92 Å². The van der Waals surface area contributed by atoms with Crippen LogP contribution >= 0.6 is 0 Å². The number of alkyl halides is 2.